The molecule has 0 saturated carbocycles. The maximum absolute atomic E-state index is 12.7. The Morgan fingerprint density at radius 2 is 2.17 bits per heavy atom. The molecule has 1 N–H and O–H groups in total. The summed E-state index contributed by atoms with van der Waals surface area (Å²) in [5, 5.41) is 3.27. The van der Waals surface area contributed by atoms with E-state index >= 15 is 0 Å². The zero-order chi connectivity index (χ0) is 13.2. The average Bonchev–Trinajstić information content (AvgIpc) is 2.73. The predicted molar refractivity (Wildman–Crippen MR) is 60.2 cm³/mol. The van der Waals surface area contributed by atoms with E-state index < -0.39 is 11.9 Å². The Hall–Kier alpha value is -1.04. The largest absolute Gasteiger partial charge is 0.445 e. The highest BCUT2D eigenvalue weighted by Gasteiger charge is 2.38. The van der Waals surface area contributed by atoms with Crippen molar-refractivity contribution >= 4 is 0 Å². The van der Waals surface area contributed by atoms with Gasteiger partial charge in [0.1, 0.15) is 5.76 Å². The minimum Gasteiger partial charge on any atom is -0.445 e. The van der Waals surface area contributed by atoms with Crippen molar-refractivity contribution in [3.05, 3.63) is 17.3 Å². The molecule has 1 aromatic rings. The molecule has 1 aromatic heterocycles. The molecular formula is C12H17F3N2O. The standard InChI is InChI=1S/C12H17F3N2O/c1-2-9-11(12(13,14)15)17-10(18-9)7-8-5-3-4-6-16-8/h8,16H,2-7H2,1H3. The summed E-state index contributed by atoms with van der Waals surface area (Å²) in [7, 11) is 0. The van der Waals surface area contributed by atoms with Gasteiger partial charge in [-0.1, -0.05) is 13.3 Å². The summed E-state index contributed by atoms with van der Waals surface area (Å²) in [6, 6.07) is 0.184. The SMILES string of the molecule is CCc1oc(CC2CCCCN2)nc1C(F)(F)F. The van der Waals surface area contributed by atoms with Crippen molar-refractivity contribution in [2.24, 2.45) is 0 Å². The summed E-state index contributed by atoms with van der Waals surface area (Å²) in [6.07, 6.45) is -0.595. The Balaban J connectivity index is 2.11. The van der Waals surface area contributed by atoms with Crippen molar-refractivity contribution in [1.29, 1.82) is 0 Å². The van der Waals surface area contributed by atoms with Crippen LogP contribution in [0.5, 0.6) is 0 Å². The number of aromatic nitrogens is 1. The molecule has 3 nitrogen and oxygen atoms in total. The lowest BCUT2D eigenvalue weighted by Crippen LogP contribution is -2.35. The normalized spacial score (nSPS) is 21.2. The Morgan fingerprint density at radius 3 is 2.67 bits per heavy atom. The summed E-state index contributed by atoms with van der Waals surface area (Å²) >= 11 is 0. The molecule has 0 aromatic carbocycles. The van der Waals surface area contributed by atoms with Crippen molar-refractivity contribution in [1.82, 2.24) is 10.3 Å². The maximum atomic E-state index is 12.7. The van der Waals surface area contributed by atoms with E-state index in [1.807, 2.05) is 0 Å². The number of rotatable bonds is 3. The third-order valence-corrected chi connectivity index (χ3v) is 3.16. The summed E-state index contributed by atoms with van der Waals surface area (Å²) in [5.74, 6) is 0.131. The highest BCUT2D eigenvalue weighted by molar-refractivity contribution is 5.14. The van der Waals surface area contributed by atoms with E-state index in [4.69, 9.17) is 4.42 Å². The topological polar surface area (TPSA) is 38.1 Å². The molecule has 0 aliphatic carbocycles. The molecule has 1 saturated heterocycles. The molecule has 0 radical (unpaired) electrons. The van der Waals surface area contributed by atoms with Gasteiger partial charge in [-0.05, 0) is 19.4 Å². The van der Waals surface area contributed by atoms with Crippen molar-refractivity contribution in [3.63, 3.8) is 0 Å². The van der Waals surface area contributed by atoms with Crippen molar-refractivity contribution in [2.45, 2.75) is 51.2 Å². The monoisotopic (exact) mass is 262 g/mol. The summed E-state index contributed by atoms with van der Waals surface area (Å²) in [5.41, 5.74) is -0.865. The smallest absolute Gasteiger partial charge is 0.436 e. The fraction of sp³-hybridized carbons (Fsp3) is 0.750. The third kappa shape index (κ3) is 3.04. The third-order valence-electron chi connectivity index (χ3n) is 3.16. The molecule has 1 atom stereocenters. The molecular weight excluding hydrogens is 245 g/mol. The predicted octanol–water partition coefficient (Wildman–Crippen LogP) is 2.94. The van der Waals surface area contributed by atoms with E-state index in [0.29, 0.717) is 6.42 Å². The number of halogens is 3. The quantitative estimate of drug-likeness (QED) is 0.910. The highest BCUT2D eigenvalue weighted by atomic mass is 19.4. The van der Waals surface area contributed by atoms with E-state index in [-0.39, 0.29) is 24.1 Å². The van der Waals surface area contributed by atoms with Crippen LogP contribution in [0.15, 0.2) is 4.42 Å². The molecule has 0 spiro atoms. The second kappa shape index (κ2) is 5.30. The number of nitrogens with one attached hydrogen (secondary N) is 1. The number of oxazole rings is 1. The number of alkyl halides is 3. The van der Waals surface area contributed by atoms with Crippen LogP contribution in [0.4, 0.5) is 13.2 Å². The van der Waals surface area contributed by atoms with Crippen LogP contribution < -0.4 is 5.32 Å². The van der Waals surface area contributed by atoms with Crippen LogP contribution in [0.3, 0.4) is 0 Å². The van der Waals surface area contributed by atoms with E-state index in [9.17, 15) is 13.2 Å². The van der Waals surface area contributed by atoms with Crippen LogP contribution in [0.1, 0.15) is 43.5 Å². The van der Waals surface area contributed by atoms with E-state index in [0.717, 1.165) is 25.8 Å². The molecule has 1 unspecified atom stereocenters. The number of hydrogen-bond donors (Lipinski definition) is 1. The second-order valence-corrected chi connectivity index (χ2v) is 4.58. The number of hydrogen-bond acceptors (Lipinski definition) is 3. The lowest BCUT2D eigenvalue weighted by molar-refractivity contribution is -0.141. The Labute approximate surface area is 104 Å². The van der Waals surface area contributed by atoms with Crippen LogP contribution in [0.25, 0.3) is 0 Å². The van der Waals surface area contributed by atoms with Crippen LogP contribution in [0.2, 0.25) is 0 Å². The molecule has 102 valence electrons. The lowest BCUT2D eigenvalue weighted by Gasteiger charge is -2.21. The van der Waals surface area contributed by atoms with E-state index in [1.54, 1.807) is 6.92 Å². The zero-order valence-electron chi connectivity index (χ0n) is 10.3. The van der Waals surface area contributed by atoms with Gasteiger partial charge in [0.05, 0.1) is 0 Å². The van der Waals surface area contributed by atoms with Gasteiger partial charge in [-0.15, -0.1) is 0 Å². The molecule has 0 amide bonds. The molecule has 1 aliphatic heterocycles. The van der Waals surface area contributed by atoms with Gasteiger partial charge in [-0.3, -0.25) is 0 Å². The van der Waals surface area contributed by atoms with Crippen LogP contribution >= 0.6 is 0 Å². The van der Waals surface area contributed by atoms with Crippen molar-refractivity contribution in [3.8, 4) is 0 Å². The minimum absolute atomic E-state index is 0.0618. The first-order valence-corrected chi connectivity index (χ1v) is 6.30. The first-order chi connectivity index (χ1) is 8.50. The molecule has 6 heteroatoms. The first kappa shape index (κ1) is 13.4. The molecule has 1 aliphatic rings. The highest BCUT2D eigenvalue weighted by Crippen LogP contribution is 2.32. The van der Waals surface area contributed by atoms with Gasteiger partial charge >= 0.3 is 6.18 Å². The fourth-order valence-electron chi connectivity index (χ4n) is 2.26. The molecule has 2 rings (SSSR count). The van der Waals surface area contributed by atoms with Gasteiger partial charge in [-0.25, -0.2) is 4.98 Å². The molecule has 1 fully saturated rings. The summed E-state index contributed by atoms with van der Waals surface area (Å²) in [6.45, 7) is 2.55. The minimum atomic E-state index is -4.42. The Kier molecular flexibility index (Phi) is 3.94. The number of piperidine rings is 1. The van der Waals surface area contributed by atoms with Gasteiger partial charge in [0.2, 0.25) is 0 Å². The van der Waals surface area contributed by atoms with Gasteiger partial charge in [0, 0.05) is 18.9 Å². The van der Waals surface area contributed by atoms with Gasteiger partial charge in [0.25, 0.3) is 0 Å². The number of aryl methyl sites for hydroxylation is 1. The fourth-order valence-corrected chi connectivity index (χ4v) is 2.26. The molecule has 2 heterocycles. The number of nitrogens with zero attached hydrogens (tertiary/aromatic N) is 1. The van der Waals surface area contributed by atoms with Crippen LogP contribution in [0, 0.1) is 0 Å². The Bertz CT molecular complexity index is 395. The zero-order valence-corrected chi connectivity index (χ0v) is 10.3. The first-order valence-electron chi connectivity index (χ1n) is 6.30. The van der Waals surface area contributed by atoms with Crippen molar-refractivity contribution in [2.75, 3.05) is 6.54 Å². The van der Waals surface area contributed by atoms with E-state index in [1.165, 1.54) is 0 Å². The van der Waals surface area contributed by atoms with Gasteiger partial charge < -0.3 is 9.73 Å². The Morgan fingerprint density at radius 1 is 1.39 bits per heavy atom. The molecule has 0 bridgehead atoms. The molecule has 18 heavy (non-hydrogen) atoms. The van der Waals surface area contributed by atoms with Crippen LogP contribution in [-0.4, -0.2) is 17.6 Å². The summed E-state index contributed by atoms with van der Waals surface area (Å²) < 4.78 is 43.3. The van der Waals surface area contributed by atoms with Crippen LogP contribution in [-0.2, 0) is 19.0 Å². The maximum Gasteiger partial charge on any atom is 0.436 e. The van der Waals surface area contributed by atoms with Gasteiger partial charge in [0.15, 0.2) is 11.6 Å². The van der Waals surface area contributed by atoms with Gasteiger partial charge in [-0.2, -0.15) is 13.2 Å². The van der Waals surface area contributed by atoms with E-state index in [2.05, 4.69) is 10.3 Å². The summed E-state index contributed by atoms with van der Waals surface area (Å²) in [4.78, 5) is 3.61. The second-order valence-electron chi connectivity index (χ2n) is 4.58. The average molecular weight is 262 g/mol. The van der Waals surface area contributed by atoms with Crippen molar-refractivity contribution < 1.29 is 17.6 Å². The lowest BCUT2D eigenvalue weighted by atomic mass is 10.0.